The van der Waals surface area contributed by atoms with Crippen molar-refractivity contribution in [3.8, 4) is 0 Å². The summed E-state index contributed by atoms with van der Waals surface area (Å²) in [5.41, 5.74) is 0. The number of rotatable bonds is 2. The average Bonchev–Trinajstić information content (AvgIpc) is 2.34. The molecule has 1 atom stereocenters. The molecule has 1 heterocycles. The van der Waals surface area contributed by atoms with Gasteiger partial charge in [0.1, 0.15) is 6.80 Å². The summed E-state index contributed by atoms with van der Waals surface area (Å²) in [6.07, 6.45) is 0.945. The van der Waals surface area contributed by atoms with Crippen LogP contribution in [-0.4, -0.2) is 36.5 Å². The molecule has 1 aliphatic heterocycles. The van der Waals surface area contributed by atoms with Crippen molar-refractivity contribution in [2.75, 3.05) is 26.5 Å². The Morgan fingerprint density at radius 2 is 2.30 bits per heavy atom. The standard InChI is InChI=1S/C6H12FNO.HI/c7-5-8-2-1-6(3-8)4-9;/h6,9H,1-5H2;1H/t6-;/m0./s1. The number of alkyl halides is 1. The first-order chi connectivity index (χ1) is 4.36. The van der Waals surface area contributed by atoms with E-state index in [1.807, 2.05) is 0 Å². The molecule has 1 N–H and O–H groups in total. The number of hydrogen-bond acceptors (Lipinski definition) is 2. The third-order valence-electron chi connectivity index (χ3n) is 1.80. The molecule has 0 aromatic heterocycles. The largest absolute Gasteiger partial charge is 0.396 e. The van der Waals surface area contributed by atoms with Crippen LogP contribution in [0, 0.1) is 5.92 Å². The summed E-state index contributed by atoms with van der Waals surface area (Å²) in [7, 11) is 0. The van der Waals surface area contributed by atoms with Crippen LogP contribution in [0.25, 0.3) is 0 Å². The normalized spacial score (nSPS) is 26.4. The minimum Gasteiger partial charge on any atom is -0.396 e. The Balaban J connectivity index is 0.000000810. The van der Waals surface area contributed by atoms with E-state index >= 15 is 0 Å². The summed E-state index contributed by atoms with van der Waals surface area (Å²) in [5.74, 6) is 0.320. The second kappa shape index (κ2) is 5.26. The van der Waals surface area contributed by atoms with E-state index in [1.54, 1.807) is 4.90 Å². The second-order valence-corrected chi connectivity index (χ2v) is 2.53. The van der Waals surface area contributed by atoms with Crippen molar-refractivity contribution in [3.05, 3.63) is 0 Å². The fourth-order valence-corrected chi connectivity index (χ4v) is 1.17. The zero-order valence-corrected chi connectivity index (χ0v) is 8.12. The van der Waals surface area contributed by atoms with E-state index < -0.39 is 0 Å². The lowest BCUT2D eigenvalue weighted by molar-refractivity contribution is 0.191. The summed E-state index contributed by atoms with van der Waals surface area (Å²) in [5, 5.41) is 8.63. The van der Waals surface area contributed by atoms with Crippen LogP contribution in [0.2, 0.25) is 0 Å². The van der Waals surface area contributed by atoms with Crippen molar-refractivity contribution in [2.24, 2.45) is 5.92 Å². The monoisotopic (exact) mass is 261 g/mol. The van der Waals surface area contributed by atoms with Gasteiger partial charge < -0.3 is 5.11 Å². The van der Waals surface area contributed by atoms with Gasteiger partial charge >= 0.3 is 0 Å². The summed E-state index contributed by atoms with van der Waals surface area (Å²) < 4.78 is 11.9. The number of hydrogen-bond donors (Lipinski definition) is 1. The molecule has 0 aliphatic carbocycles. The first-order valence-corrected chi connectivity index (χ1v) is 3.26. The van der Waals surface area contributed by atoms with Crippen LogP contribution in [0.3, 0.4) is 0 Å². The van der Waals surface area contributed by atoms with Gasteiger partial charge in [-0.15, -0.1) is 24.0 Å². The number of likely N-dealkylation sites (tertiary alicyclic amines) is 1. The first kappa shape index (κ1) is 10.6. The Bertz CT molecular complexity index is 83.8. The van der Waals surface area contributed by atoms with Crippen LogP contribution in [-0.2, 0) is 0 Å². The Morgan fingerprint density at radius 3 is 2.60 bits per heavy atom. The smallest absolute Gasteiger partial charge is 0.143 e. The molecule has 0 spiro atoms. The van der Waals surface area contributed by atoms with Crippen molar-refractivity contribution >= 4 is 24.0 Å². The molecule has 1 saturated heterocycles. The summed E-state index contributed by atoms with van der Waals surface area (Å²) in [6, 6.07) is 0. The van der Waals surface area contributed by atoms with Crippen molar-refractivity contribution in [2.45, 2.75) is 6.42 Å². The Morgan fingerprint density at radius 1 is 1.60 bits per heavy atom. The minimum absolute atomic E-state index is 0. The van der Waals surface area contributed by atoms with Gasteiger partial charge in [0.2, 0.25) is 0 Å². The van der Waals surface area contributed by atoms with E-state index in [9.17, 15) is 4.39 Å². The fraction of sp³-hybridized carbons (Fsp3) is 1.00. The van der Waals surface area contributed by atoms with E-state index in [0.717, 1.165) is 19.5 Å². The highest BCUT2D eigenvalue weighted by Gasteiger charge is 2.20. The molecule has 0 aromatic rings. The zero-order chi connectivity index (χ0) is 6.69. The van der Waals surface area contributed by atoms with Crippen LogP contribution in [0.1, 0.15) is 6.42 Å². The Labute approximate surface area is 77.4 Å². The van der Waals surface area contributed by atoms with Gasteiger partial charge in [0, 0.05) is 19.7 Å². The van der Waals surface area contributed by atoms with Gasteiger partial charge in [0.15, 0.2) is 0 Å². The molecular weight excluding hydrogens is 248 g/mol. The molecule has 4 heteroatoms. The highest BCUT2D eigenvalue weighted by atomic mass is 127. The summed E-state index contributed by atoms with van der Waals surface area (Å²) >= 11 is 0. The average molecular weight is 261 g/mol. The van der Waals surface area contributed by atoms with Gasteiger partial charge in [0.05, 0.1) is 0 Å². The molecule has 0 amide bonds. The number of aliphatic hydroxyl groups excluding tert-OH is 1. The van der Waals surface area contributed by atoms with Crippen LogP contribution in [0.5, 0.6) is 0 Å². The molecule has 1 fully saturated rings. The van der Waals surface area contributed by atoms with Gasteiger partial charge in [0.25, 0.3) is 0 Å². The van der Waals surface area contributed by atoms with E-state index in [4.69, 9.17) is 5.11 Å². The number of halogens is 2. The van der Waals surface area contributed by atoms with Crippen molar-refractivity contribution < 1.29 is 9.50 Å². The molecule has 0 bridgehead atoms. The van der Waals surface area contributed by atoms with Crippen LogP contribution in [0.4, 0.5) is 4.39 Å². The molecule has 0 saturated carbocycles. The van der Waals surface area contributed by atoms with Crippen molar-refractivity contribution in [3.63, 3.8) is 0 Å². The quantitative estimate of drug-likeness (QED) is 0.588. The van der Waals surface area contributed by atoms with Gasteiger partial charge in [-0.05, 0) is 12.3 Å². The topological polar surface area (TPSA) is 23.5 Å². The molecule has 0 radical (unpaired) electrons. The lowest BCUT2D eigenvalue weighted by atomic mass is 10.1. The number of nitrogens with zero attached hydrogens (tertiary/aromatic N) is 1. The maximum absolute atomic E-state index is 11.9. The predicted octanol–water partition coefficient (Wildman–Crippen LogP) is 0.846. The van der Waals surface area contributed by atoms with E-state index in [0.29, 0.717) is 5.92 Å². The lowest BCUT2D eigenvalue weighted by Gasteiger charge is -2.08. The molecule has 0 aromatic carbocycles. The van der Waals surface area contributed by atoms with Crippen LogP contribution in [0.15, 0.2) is 0 Å². The van der Waals surface area contributed by atoms with Crippen LogP contribution >= 0.6 is 24.0 Å². The SMILES string of the molecule is I.OC[C@H]1CCN(CF)C1. The van der Waals surface area contributed by atoms with Crippen LogP contribution < -0.4 is 0 Å². The molecular formula is C6H13FINO. The molecule has 2 nitrogen and oxygen atoms in total. The van der Waals surface area contributed by atoms with Crippen molar-refractivity contribution in [1.29, 1.82) is 0 Å². The summed E-state index contributed by atoms with van der Waals surface area (Å²) in [6.45, 7) is 1.38. The first-order valence-electron chi connectivity index (χ1n) is 3.26. The predicted molar refractivity (Wildman–Crippen MR) is 48.2 cm³/mol. The van der Waals surface area contributed by atoms with Crippen molar-refractivity contribution in [1.82, 2.24) is 4.90 Å². The Hall–Kier alpha value is 0.580. The van der Waals surface area contributed by atoms with Gasteiger partial charge in [-0.1, -0.05) is 0 Å². The highest BCUT2D eigenvalue weighted by Crippen LogP contribution is 2.14. The minimum atomic E-state index is -0.365. The fourth-order valence-electron chi connectivity index (χ4n) is 1.17. The van der Waals surface area contributed by atoms with Gasteiger partial charge in [-0.3, -0.25) is 4.90 Å². The third kappa shape index (κ3) is 2.67. The molecule has 1 rings (SSSR count). The zero-order valence-electron chi connectivity index (χ0n) is 5.79. The molecule has 0 unspecified atom stereocenters. The van der Waals surface area contributed by atoms with E-state index in [1.165, 1.54) is 0 Å². The summed E-state index contributed by atoms with van der Waals surface area (Å²) in [4.78, 5) is 1.71. The van der Waals surface area contributed by atoms with E-state index in [-0.39, 0.29) is 37.4 Å². The molecule has 1 aliphatic rings. The molecule has 10 heavy (non-hydrogen) atoms. The van der Waals surface area contributed by atoms with E-state index in [2.05, 4.69) is 0 Å². The maximum atomic E-state index is 11.9. The number of aliphatic hydroxyl groups is 1. The lowest BCUT2D eigenvalue weighted by Crippen LogP contribution is -2.19. The Kier molecular flexibility index (Phi) is 5.56. The molecule has 62 valence electrons. The highest BCUT2D eigenvalue weighted by molar-refractivity contribution is 14.0. The second-order valence-electron chi connectivity index (χ2n) is 2.53. The maximum Gasteiger partial charge on any atom is 0.143 e. The van der Waals surface area contributed by atoms with Gasteiger partial charge in [-0.2, -0.15) is 0 Å². The van der Waals surface area contributed by atoms with Gasteiger partial charge in [-0.25, -0.2) is 4.39 Å². The third-order valence-corrected chi connectivity index (χ3v) is 1.80.